The van der Waals surface area contributed by atoms with Crippen LogP contribution in [0.5, 0.6) is 0 Å². The Bertz CT molecular complexity index is 686. The lowest BCUT2D eigenvalue weighted by molar-refractivity contribution is -0.115. The molecule has 0 aliphatic carbocycles. The van der Waals surface area contributed by atoms with Crippen molar-refractivity contribution in [2.45, 2.75) is 30.8 Å². The first-order valence-electron chi connectivity index (χ1n) is 6.75. The van der Waals surface area contributed by atoms with Crippen LogP contribution in [0.15, 0.2) is 42.1 Å². The zero-order chi connectivity index (χ0) is 16.1. The molecule has 1 N–H and O–H groups in total. The van der Waals surface area contributed by atoms with Gasteiger partial charge in [-0.2, -0.15) is 0 Å². The highest BCUT2D eigenvalue weighted by molar-refractivity contribution is 8.00. The minimum Gasteiger partial charge on any atom is -0.325 e. The number of thioether (sulfide) groups is 1. The highest BCUT2D eigenvalue weighted by atomic mass is 35.5. The van der Waals surface area contributed by atoms with Crippen LogP contribution in [0.1, 0.15) is 12.7 Å². The second-order valence-electron chi connectivity index (χ2n) is 4.69. The third-order valence-electron chi connectivity index (χ3n) is 2.96. The molecular formula is C15H17ClN4OS. The van der Waals surface area contributed by atoms with Gasteiger partial charge in [0.15, 0.2) is 5.16 Å². The molecule has 1 aromatic heterocycles. The van der Waals surface area contributed by atoms with Crippen molar-refractivity contribution in [3.05, 3.63) is 47.8 Å². The number of benzene rings is 1. The van der Waals surface area contributed by atoms with E-state index in [9.17, 15) is 4.79 Å². The normalized spacial score (nSPS) is 12.0. The van der Waals surface area contributed by atoms with Gasteiger partial charge in [-0.05, 0) is 32.0 Å². The second kappa shape index (κ2) is 7.47. The number of hydrogen-bond donors (Lipinski definition) is 1. The number of rotatable bonds is 6. The molecule has 0 radical (unpaired) electrons. The molecule has 0 spiro atoms. The molecule has 1 amide bonds. The van der Waals surface area contributed by atoms with Crippen LogP contribution >= 0.6 is 23.4 Å². The Hall–Kier alpha value is -1.79. The van der Waals surface area contributed by atoms with Crippen LogP contribution in [0.2, 0.25) is 5.02 Å². The molecule has 1 aromatic carbocycles. The number of nitrogens with one attached hydrogen (secondary N) is 1. The average Bonchev–Trinajstić information content (AvgIpc) is 2.80. The molecule has 0 saturated heterocycles. The Morgan fingerprint density at radius 2 is 2.32 bits per heavy atom. The number of carbonyl (C=O) groups excluding carboxylic acids is 1. The summed E-state index contributed by atoms with van der Waals surface area (Å²) in [6, 6.07) is 7.06. The summed E-state index contributed by atoms with van der Waals surface area (Å²) in [5.41, 5.74) is 0.675. The van der Waals surface area contributed by atoms with Gasteiger partial charge in [0.05, 0.1) is 5.25 Å². The number of anilines is 1. The molecule has 2 rings (SSSR count). The van der Waals surface area contributed by atoms with Crippen LogP contribution in [0.3, 0.4) is 0 Å². The molecule has 1 heterocycles. The van der Waals surface area contributed by atoms with Gasteiger partial charge < -0.3 is 9.88 Å². The van der Waals surface area contributed by atoms with Crippen LogP contribution in [0.4, 0.5) is 5.69 Å². The molecule has 0 saturated carbocycles. The standard InChI is InChI=1S/C15H17ClN4OS/c1-4-8-20-11(3)18-19-15(20)22-10(2)14(21)17-13-7-5-6-12(16)9-13/h4-7,9-10H,1,8H2,2-3H3,(H,17,21)/t10-/m0/s1. The monoisotopic (exact) mass is 336 g/mol. The maximum absolute atomic E-state index is 12.3. The minimum atomic E-state index is -0.314. The van der Waals surface area contributed by atoms with E-state index in [-0.39, 0.29) is 11.2 Å². The molecule has 0 fully saturated rings. The Labute approximate surface area is 138 Å². The topological polar surface area (TPSA) is 59.8 Å². The Kier molecular flexibility index (Phi) is 5.63. The summed E-state index contributed by atoms with van der Waals surface area (Å²) in [6.45, 7) is 8.03. The zero-order valence-electron chi connectivity index (χ0n) is 12.4. The second-order valence-corrected chi connectivity index (χ2v) is 6.43. The lowest BCUT2D eigenvalue weighted by atomic mass is 10.3. The summed E-state index contributed by atoms with van der Waals surface area (Å²) < 4.78 is 1.92. The van der Waals surface area contributed by atoms with E-state index in [0.717, 1.165) is 5.82 Å². The van der Waals surface area contributed by atoms with E-state index in [1.54, 1.807) is 30.3 Å². The van der Waals surface area contributed by atoms with Crippen LogP contribution in [0.25, 0.3) is 0 Å². The van der Waals surface area contributed by atoms with E-state index < -0.39 is 0 Å². The average molecular weight is 337 g/mol. The number of aryl methyl sites for hydroxylation is 1. The van der Waals surface area contributed by atoms with Crippen molar-refractivity contribution >= 4 is 35.0 Å². The number of halogens is 1. The maximum atomic E-state index is 12.3. The molecule has 116 valence electrons. The fourth-order valence-electron chi connectivity index (χ4n) is 1.81. The minimum absolute atomic E-state index is 0.113. The fraction of sp³-hybridized carbons (Fsp3) is 0.267. The lowest BCUT2D eigenvalue weighted by Crippen LogP contribution is -2.23. The predicted octanol–water partition coefficient (Wildman–Crippen LogP) is 3.55. The van der Waals surface area contributed by atoms with Gasteiger partial charge in [-0.15, -0.1) is 16.8 Å². The van der Waals surface area contributed by atoms with Gasteiger partial charge in [0, 0.05) is 17.3 Å². The molecule has 0 unspecified atom stereocenters. The van der Waals surface area contributed by atoms with Gasteiger partial charge in [0.1, 0.15) is 5.82 Å². The fourth-order valence-corrected chi connectivity index (χ4v) is 2.90. The van der Waals surface area contributed by atoms with E-state index in [4.69, 9.17) is 11.6 Å². The van der Waals surface area contributed by atoms with Crippen molar-refractivity contribution in [2.24, 2.45) is 0 Å². The quantitative estimate of drug-likeness (QED) is 0.647. The SMILES string of the molecule is C=CCn1c(C)nnc1S[C@@H](C)C(=O)Nc1cccc(Cl)c1. The molecule has 0 bridgehead atoms. The van der Waals surface area contributed by atoms with E-state index in [1.807, 2.05) is 18.4 Å². The van der Waals surface area contributed by atoms with Crippen molar-refractivity contribution in [1.82, 2.24) is 14.8 Å². The van der Waals surface area contributed by atoms with E-state index in [1.165, 1.54) is 11.8 Å². The molecule has 0 aliphatic heterocycles. The zero-order valence-corrected chi connectivity index (χ0v) is 14.0. The molecule has 22 heavy (non-hydrogen) atoms. The summed E-state index contributed by atoms with van der Waals surface area (Å²) in [5.74, 6) is 0.683. The van der Waals surface area contributed by atoms with Gasteiger partial charge in [0.25, 0.3) is 0 Å². The van der Waals surface area contributed by atoms with Crippen LogP contribution in [-0.4, -0.2) is 25.9 Å². The Balaban J connectivity index is 2.04. The number of allylic oxidation sites excluding steroid dienone is 1. The van der Waals surface area contributed by atoms with Crippen LogP contribution in [0, 0.1) is 6.92 Å². The summed E-state index contributed by atoms with van der Waals surface area (Å²) in [4.78, 5) is 12.3. The van der Waals surface area contributed by atoms with Crippen molar-refractivity contribution in [3.8, 4) is 0 Å². The number of amides is 1. The molecule has 2 aromatic rings. The Morgan fingerprint density at radius 1 is 1.55 bits per heavy atom. The molecule has 1 atom stereocenters. The third kappa shape index (κ3) is 4.11. The highest BCUT2D eigenvalue weighted by Crippen LogP contribution is 2.24. The van der Waals surface area contributed by atoms with Crippen LogP contribution < -0.4 is 5.32 Å². The van der Waals surface area contributed by atoms with E-state index in [2.05, 4.69) is 22.1 Å². The largest absolute Gasteiger partial charge is 0.325 e. The molecular weight excluding hydrogens is 320 g/mol. The highest BCUT2D eigenvalue weighted by Gasteiger charge is 2.19. The molecule has 7 heteroatoms. The number of hydrogen-bond acceptors (Lipinski definition) is 4. The van der Waals surface area contributed by atoms with Gasteiger partial charge in [-0.1, -0.05) is 35.5 Å². The first-order valence-corrected chi connectivity index (χ1v) is 8.01. The van der Waals surface area contributed by atoms with Gasteiger partial charge in [0.2, 0.25) is 5.91 Å². The number of carbonyl (C=O) groups is 1. The summed E-state index contributed by atoms with van der Waals surface area (Å²) in [6.07, 6.45) is 1.77. The summed E-state index contributed by atoms with van der Waals surface area (Å²) in [7, 11) is 0. The predicted molar refractivity (Wildman–Crippen MR) is 90.4 cm³/mol. The van der Waals surface area contributed by atoms with Crippen LogP contribution in [-0.2, 0) is 11.3 Å². The Morgan fingerprint density at radius 3 is 3.00 bits per heavy atom. The van der Waals surface area contributed by atoms with Gasteiger partial charge in [-0.25, -0.2) is 0 Å². The number of nitrogens with zero attached hydrogens (tertiary/aromatic N) is 3. The van der Waals surface area contributed by atoms with Gasteiger partial charge in [-0.3, -0.25) is 4.79 Å². The number of aromatic nitrogens is 3. The maximum Gasteiger partial charge on any atom is 0.237 e. The third-order valence-corrected chi connectivity index (χ3v) is 4.27. The van der Waals surface area contributed by atoms with E-state index >= 15 is 0 Å². The smallest absolute Gasteiger partial charge is 0.237 e. The van der Waals surface area contributed by atoms with Crippen molar-refractivity contribution in [1.29, 1.82) is 0 Å². The van der Waals surface area contributed by atoms with Crippen molar-refractivity contribution in [2.75, 3.05) is 5.32 Å². The lowest BCUT2D eigenvalue weighted by Gasteiger charge is -2.12. The first kappa shape index (κ1) is 16.6. The first-order chi connectivity index (χ1) is 10.5. The van der Waals surface area contributed by atoms with E-state index in [0.29, 0.717) is 22.4 Å². The molecule has 5 nitrogen and oxygen atoms in total. The summed E-state index contributed by atoms with van der Waals surface area (Å²) >= 11 is 7.27. The van der Waals surface area contributed by atoms with Gasteiger partial charge >= 0.3 is 0 Å². The van der Waals surface area contributed by atoms with Crippen molar-refractivity contribution < 1.29 is 4.79 Å². The molecule has 0 aliphatic rings. The summed E-state index contributed by atoms with van der Waals surface area (Å²) in [5, 5.41) is 12.0. The van der Waals surface area contributed by atoms with Crippen molar-refractivity contribution in [3.63, 3.8) is 0 Å².